The maximum atomic E-state index is 12.9. The zero-order valence-electron chi connectivity index (χ0n) is 9.86. The lowest BCUT2D eigenvalue weighted by molar-refractivity contribution is -0.149. The van der Waals surface area contributed by atoms with E-state index in [1.54, 1.807) is 0 Å². The summed E-state index contributed by atoms with van der Waals surface area (Å²) in [5.41, 5.74) is 6.05. The quantitative estimate of drug-likeness (QED) is 0.669. The van der Waals surface area contributed by atoms with Gasteiger partial charge in [0.1, 0.15) is 6.54 Å². The fourth-order valence-electron chi connectivity index (χ4n) is 1.72. The smallest absolute Gasteiger partial charge is 0.449 e. The highest BCUT2D eigenvalue weighted by atomic mass is 19.4. The molecular formula is C11H10F3N3O2. The van der Waals surface area contributed by atoms with Crippen LogP contribution in [0.25, 0.3) is 11.0 Å². The molecule has 1 aromatic heterocycles. The number of esters is 1. The van der Waals surface area contributed by atoms with E-state index in [1.807, 2.05) is 0 Å². The number of benzene rings is 1. The minimum atomic E-state index is -4.66. The van der Waals surface area contributed by atoms with Crippen LogP contribution in [0.4, 0.5) is 18.9 Å². The lowest BCUT2D eigenvalue weighted by atomic mass is 10.3. The Morgan fingerprint density at radius 3 is 2.74 bits per heavy atom. The number of nitrogens with zero attached hydrogens (tertiary/aromatic N) is 2. The van der Waals surface area contributed by atoms with Gasteiger partial charge in [-0.05, 0) is 18.2 Å². The van der Waals surface area contributed by atoms with Gasteiger partial charge in [-0.1, -0.05) is 0 Å². The first-order chi connectivity index (χ1) is 8.82. The molecule has 2 rings (SSSR count). The van der Waals surface area contributed by atoms with Gasteiger partial charge in [-0.3, -0.25) is 4.79 Å². The van der Waals surface area contributed by atoms with Crippen molar-refractivity contribution in [2.24, 2.45) is 0 Å². The summed E-state index contributed by atoms with van der Waals surface area (Å²) in [6.45, 7) is -0.564. The molecule has 0 aliphatic rings. The third kappa shape index (κ3) is 2.47. The molecule has 0 spiro atoms. The number of hydrogen-bond donors (Lipinski definition) is 1. The SMILES string of the molecule is COC(=O)Cn1c(C(F)(F)F)nc2cc(N)ccc21. The van der Waals surface area contributed by atoms with E-state index >= 15 is 0 Å². The van der Waals surface area contributed by atoms with Crippen LogP contribution in [-0.2, 0) is 22.3 Å². The molecule has 2 N–H and O–H groups in total. The topological polar surface area (TPSA) is 70.1 Å². The van der Waals surface area contributed by atoms with Crippen molar-refractivity contribution < 1.29 is 22.7 Å². The van der Waals surface area contributed by atoms with E-state index < -0.39 is 24.5 Å². The zero-order valence-corrected chi connectivity index (χ0v) is 9.86. The van der Waals surface area contributed by atoms with Gasteiger partial charge in [0.15, 0.2) is 0 Å². The number of aromatic nitrogens is 2. The molecule has 19 heavy (non-hydrogen) atoms. The van der Waals surface area contributed by atoms with Gasteiger partial charge in [0.05, 0.1) is 18.1 Å². The number of nitrogens with two attached hydrogens (primary N) is 1. The number of halogens is 3. The van der Waals surface area contributed by atoms with Crippen LogP contribution >= 0.6 is 0 Å². The molecule has 0 amide bonds. The first-order valence-electron chi connectivity index (χ1n) is 5.22. The summed E-state index contributed by atoms with van der Waals surface area (Å²) in [5, 5.41) is 0. The van der Waals surface area contributed by atoms with Crippen LogP contribution in [0.2, 0.25) is 0 Å². The van der Waals surface area contributed by atoms with Crippen molar-refractivity contribution in [2.75, 3.05) is 12.8 Å². The van der Waals surface area contributed by atoms with Gasteiger partial charge < -0.3 is 15.0 Å². The van der Waals surface area contributed by atoms with E-state index in [4.69, 9.17) is 5.73 Å². The number of anilines is 1. The molecule has 0 saturated carbocycles. The molecule has 0 unspecified atom stereocenters. The lowest BCUT2D eigenvalue weighted by Crippen LogP contribution is -2.19. The van der Waals surface area contributed by atoms with E-state index in [0.29, 0.717) is 5.69 Å². The third-order valence-corrected chi connectivity index (χ3v) is 2.54. The Kier molecular flexibility index (Phi) is 3.09. The number of ether oxygens (including phenoxy) is 1. The van der Waals surface area contributed by atoms with Crippen LogP contribution in [0, 0.1) is 0 Å². The highest BCUT2D eigenvalue weighted by Gasteiger charge is 2.38. The van der Waals surface area contributed by atoms with Crippen LogP contribution < -0.4 is 5.73 Å². The van der Waals surface area contributed by atoms with Crippen LogP contribution in [-0.4, -0.2) is 22.6 Å². The summed E-state index contributed by atoms with van der Waals surface area (Å²) in [6.07, 6.45) is -4.66. The molecule has 0 fully saturated rings. The van der Waals surface area contributed by atoms with Crippen LogP contribution in [0.1, 0.15) is 5.82 Å². The molecule has 2 aromatic rings. The van der Waals surface area contributed by atoms with Crippen LogP contribution in [0.5, 0.6) is 0 Å². The second kappa shape index (κ2) is 4.45. The molecule has 0 aliphatic carbocycles. The number of rotatable bonds is 2. The van der Waals surface area contributed by atoms with Crippen molar-refractivity contribution in [2.45, 2.75) is 12.7 Å². The molecule has 0 saturated heterocycles. The van der Waals surface area contributed by atoms with E-state index in [-0.39, 0.29) is 11.0 Å². The Labute approximate surface area is 105 Å². The van der Waals surface area contributed by atoms with Crippen LogP contribution in [0.15, 0.2) is 18.2 Å². The summed E-state index contributed by atoms with van der Waals surface area (Å²) in [4.78, 5) is 14.7. The fourth-order valence-corrected chi connectivity index (χ4v) is 1.72. The predicted molar refractivity (Wildman–Crippen MR) is 61.2 cm³/mol. The summed E-state index contributed by atoms with van der Waals surface area (Å²) >= 11 is 0. The minimum Gasteiger partial charge on any atom is -0.468 e. The molecule has 0 aliphatic heterocycles. The zero-order chi connectivity index (χ0) is 14.2. The Morgan fingerprint density at radius 1 is 1.47 bits per heavy atom. The molecule has 1 aromatic carbocycles. The van der Waals surface area contributed by atoms with Gasteiger partial charge in [0, 0.05) is 5.69 Å². The van der Waals surface area contributed by atoms with Gasteiger partial charge in [-0.15, -0.1) is 0 Å². The highest BCUT2D eigenvalue weighted by molar-refractivity contribution is 5.81. The number of carbonyl (C=O) groups excluding carboxylic acids is 1. The van der Waals surface area contributed by atoms with Gasteiger partial charge in [-0.2, -0.15) is 13.2 Å². The molecule has 102 valence electrons. The molecule has 0 bridgehead atoms. The van der Waals surface area contributed by atoms with E-state index in [1.165, 1.54) is 18.2 Å². The highest BCUT2D eigenvalue weighted by Crippen LogP contribution is 2.32. The number of nitrogen functional groups attached to an aromatic ring is 1. The second-order valence-corrected chi connectivity index (χ2v) is 3.84. The summed E-state index contributed by atoms with van der Waals surface area (Å²) < 4.78 is 43.8. The number of imidazole rings is 1. The maximum absolute atomic E-state index is 12.9. The number of fused-ring (bicyclic) bond motifs is 1. The van der Waals surface area contributed by atoms with Crippen molar-refractivity contribution in [3.63, 3.8) is 0 Å². The molecule has 8 heteroatoms. The lowest BCUT2D eigenvalue weighted by Gasteiger charge is -2.09. The average molecular weight is 273 g/mol. The second-order valence-electron chi connectivity index (χ2n) is 3.84. The normalized spacial score (nSPS) is 11.8. The van der Waals surface area contributed by atoms with Crippen molar-refractivity contribution in [3.05, 3.63) is 24.0 Å². The molecule has 0 radical (unpaired) electrons. The summed E-state index contributed by atoms with van der Waals surface area (Å²) in [5.74, 6) is -1.94. The average Bonchev–Trinajstić information content (AvgIpc) is 2.67. The molecule has 5 nitrogen and oxygen atoms in total. The molecule has 1 heterocycles. The maximum Gasteiger partial charge on any atom is 0.449 e. The van der Waals surface area contributed by atoms with E-state index in [2.05, 4.69) is 9.72 Å². The number of carbonyl (C=O) groups is 1. The standard InChI is InChI=1S/C11H10F3N3O2/c1-19-9(18)5-17-8-3-2-6(15)4-7(8)16-10(17)11(12,13)14/h2-4H,5,15H2,1H3. The summed E-state index contributed by atoms with van der Waals surface area (Å²) in [6, 6.07) is 4.14. The van der Waals surface area contributed by atoms with E-state index in [0.717, 1.165) is 11.7 Å². The van der Waals surface area contributed by atoms with Gasteiger partial charge >= 0.3 is 12.1 Å². The number of alkyl halides is 3. The first-order valence-corrected chi connectivity index (χ1v) is 5.22. The van der Waals surface area contributed by atoms with Gasteiger partial charge in [-0.25, -0.2) is 4.98 Å². The third-order valence-electron chi connectivity index (χ3n) is 2.54. The monoisotopic (exact) mass is 273 g/mol. The molecule has 0 atom stereocenters. The summed E-state index contributed by atoms with van der Waals surface area (Å²) in [7, 11) is 1.10. The Hall–Kier alpha value is -2.25. The largest absolute Gasteiger partial charge is 0.468 e. The van der Waals surface area contributed by atoms with Crippen molar-refractivity contribution >= 4 is 22.7 Å². The van der Waals surface area contributed by atoms with Gasteiger partial charge in [0.25, 0.3) is 0 Å². The van der Waals surface area contributed by atoms with Gasteiger partial charge in [0.2, 0.25) is 5.82 Å². The number of methoxy groups -OCH3 is 1. The van der Waals surface area contributed by atoms with Crippen molar-refractivity contribution in [1.29, 1.82) is 0 Å². The Morgan fingerprint density at radius 2 is 2.16 bits per heavy atom. The number of hydrogen-bond acceptors (Lipinski definition) is 4. The fraction of sp³-hybridized carbons (Fsp3) is 0.273. The predicted octanol–water partition coefficient (Wildman–Crippen LogP) is 1.81. The Balaban J connectivity index is 2.65. The molecular weight excluding hydrogens is 263 g/mol. The van der Waals surface area contributed by atoms with Crippen LogP contribution in [0.3, 0.4) is 0 Å². The van der Waals surface area contributed by atoms with Crippen molar-refractivity contribution in [1.82, 2.24) is 9.55 Å². The Bertz CT molecular complexity index is 634. The first kappa shape index (κ1) is 13.2. The van der Waals surface area contributed by atoms with E-state index in [9.17, 15) is 18.0 Å². The van der Waals surface area contributed by atoms with Crippen molar-refractivity contribution in [3.8, 4) is 0 Å². The minimum absolute atomic E-state index is 0.0798.